The largest absolute Gasteiger partial charge is 0.478 e. The summed E-state index contributed by atoms with van der Waals surface area (Å²) in [5.74, 6) is 1.30. The van der Waals surface area contributed by atoms with E-state index >= 15 is 0 Å². The number of hydrogen-bond donors (Lipinski definition) is 1. The summed E-state index contributed by atoms with van der Waals surface area (Å²) in [4.78, 5) is 15.6. The van der Waals surface area contributed by atoms with Crippen LogP contribution in [0.5, 0.6) is 11.5 Å². The fraction of sp³-hybridized carbons (Fsp3) is 0.250. The van der Waals surface area contributed by atoms with E-state index in [1.807, 2.05) is 36.4 Å². The van der Waals surface area contributed by atoms with Crippen molar-refractivity contribution < 1.29 is 14.6 Å². The number of rotatable bonds is 6. The second-order valence-electron chi connectivity index (χ2n) is 7.20. The van der Waals surface area contributed by atoms with Crippen LogP contribution in [0.2, 0.25) is 0 Å². The van der Waals surface area contributed by atoms with Crippen molar-refractivity contribution in [1.29, 1.82) is 0 Å². The number of carbonyl (C=O) groups is 1. The summed E-state index contributed by atoms with van der Waals surface area (Å²) in [7, 11) is 0. The number of benzene rings is 2. The molecule has 1 unspecified atom stereocenters. The van der Waals surface area contributed by atoms with Crippen LogP contribution in [-0.4, -0.2) is 16.1 Å². The summed E-state index contributed by atoms with van der Waals surface area (Å²) >= 11 is 0. The van der Waals surface area contributed by atoms with Crippen LogP contribution in [0, 0.1) is 0 Å². The Morgan fingerprint density at radius 2 is 1.96 bits per heavy atom. The molecule has 0 bridgehead atoms. The van der Waals surface area contributed by atoms with Gasteiger partial charge < -0.3 is 9.84 Å². The first-order valence-corrected chi connectivity index (χ1v) is 9.73. The highest BCUT2D eigenvalue weighted by Gasteiger charge is 2.23. The molecule has 2 aromatic carbocycles. The van der Waals surface area contributed by atoms with E-state index in [1.165, 1.54) is 17.3 Å². The Bertz CT molecular complexity index is 969. The third-order valence-corrected chi connectivity index (χ3v) is 5.46. The van der Waals surface area contributed by atoms with Gasteiger partial charge in [0, 0.05) is 12.4 Å². The Morgan fingerprint density at radius 3 is 2.79 bits per heavy atom. The Hall–Kier alpha value is -3.14. The van der Waals surface area contributed by atoms with Crippen LogP contribution in [-0.2, 0) is 12.8 Å². The summed E-state index contributed by atoms with van der Waals surface area (Å²) in [5.41, 5.74) is 3.78. The van der Waals surface area contributed by atoms with Crippen LogP contribution in [0.1, 0.15) is 52.2 Å². The Morgan fingerprint density at radius 1 is 1.11 bits per heavy atom. The maximum atomic E-state index is 11.4. The summed E-state index contributed by atoms with van der Waals surface area (Å²) in [5, 5.41) is 9.39. The van der Waals surface area contributed by atoms with Gasteiger partial charge in [0.15, 0.2) is 0 Å². The molecule has 1 aliphatic carbocycles. The molecule has 1 heterocycles. The molecule has 4 heteroatoms. The van der Waals surface area contributed by atoms with Gasteiger partial charge in [-0.15, -0.1) is 0 Å². The monoisotopic (exact) mass is 373 g/mol. The van der Waals surface area contributed by atoms with Crippen LogP contribution in [0.15, 0.2) is 67.0 Å². The number of pyridine rings is 1. The lowest BCUT2D eigenvalue weighted by molar-refractivity contribution is 0.0695. The maximum Gasteiger partial charge on any atom is 0.336 e. The molecule has 142 valence electrons. The van der Waals surface area contributed by atoms with Crippen molar-refractivity contribution in [3.63, 3.8) is 0 Å². The number of hydrogen-bond acceptors (Lipinski definition) is 3. The predicted molar refractivity (Wildman–Crippen MR) is 108 cm³/mol. The Kier molecular flexibility index (Phi) is 5.38. The van der Waals surface area contributed by atoms with Gasteiger partial charge in [0.05, 0.1) is 5.56 Å². The molecule has 1 atom stereocenters. The fourth-order valence-electron chi connectivity index (χ4n) is 4.09. The molecule has 1 N–H and O–H groups in total. The van der Waals surface area contributed by atoms with Crippen LogP contribution >= 0.6 is 0 Å². The predicted octanol–water partition coefficient (Wildman–Crippen LogP) is 5.62. The van der Waals surface area contributed by atoms with Gasteiger partial charge >= 0.3 is 5.97 Å². The highest BCUT2D eigenvalue weighted by Crippen LogP contribution is 2.40. The van der Waals surface area contributed by atoms with Gasteiger partial charge in [0.1, 0.15) is 11.5 Å². The molecule has 4 rings (SSSR count). The highest BCUT2D eigenvalue weighted by atomic mass is 16.5. The first kappa shape index (κ1) is 18.2. The van der Waals surface area contributed by atoms with E-state index in [4.69, 9.17) is 4.74 Å². The average Bonchev–Trinajstić information content (AvgIpc) is 2.73. The zero-order valence-electron chi connectivity index (χ0n) is 15.7. The SMILES string of the molecule is O=C(O)c1ccncc1CCC1CCCc2c(Oc3ccccc3)cccc21. The lowest BCUT2D eigenvalue weighted by Crippen LogP contribution is -2.12. The fourth-order valence-corrected chi connectivity index (χ4v) is 4.09. The van der Waals surface area contributed by atoms with E-state index in [2.05, 4.69) is 17.1 Å². The van der Waals surface area contributed by atoms with E-state index in [-0.39, 0.29) is 0 Å². The van der Waals surface area contributed by atoms with Crippen molar-refractivity contribution in [2.45, 2.75) is 38.0 Å². The minimum absolute atomic E-state index is 0.354. The smallest absolute Gasteiger partial charge is 0.336 e. The standard InChI is InChI=1S/C24H23NO3/c26-24(27)21-14-15-25-16-18(21)13-12-17-6-4-10-22-20(17)9-5-11-23(22)28-19-7-2-1-3-8-19/h1-3,5,7-9,11,14-17H,4,6,10,12-13H2,(H,26,27). The molecule has 0 saturated heterocycles. The van der Waals surface area contributed by atoms with Gasteiger partial charge in [-0.05, 0) is 79.0 Å². The quantitative estimate of drug-likeness (QED) is 0.609. The average molecular weight is 373 g/mol. The van der Waals surface area contributed by atoms with Crippen molar-refractivity contribution >= 4 is 5.97 Å². The van der Waals surface area contributed by atoms with Gasteiger partial charge in [-0.3, -0.25) is 4.98 Å². The summed E-state index contributed by atoms with van der Waals surface area (Å²) < 4.78 is 6.15. The summed E-state index contributed by atoms with van der Waals surface area (Å²) in [6, 6.07) is 17.7. The molecule has 1 aromatic heterocycles. The molecular formula is C24H23NO3. The second kappa shape index (κ2) is 8.26. The van der Waals surface area contributed by atoms with Gasteiger partial charge in [0.2, 0.25) is 0 Å². The Balaban J connectivity index is 1.55. The molecule has 0 radical (unpaired) electrons. The van der Waals surface area contributed by atoms with Crippen molar-refractivity contribution in [1.82, 2.24) is 4.98 Å². The van der Waals surface area contributed by atoms with Crippen LogP contribution < -0.4 is 4.74 Å². The van der Waals surface area contributed by atoms with E-state index < -0.39 is 5.97 Å². The van der Waals surface area contributed by atoms with Crippen molar-refractivity contribution in [3.05, 3.63) is 89.2 Å². The van der Waals surface area contributed by atoms with Crippen LogP contribution in [0.4, 0.5) is 0 Å². The summed E-state index contributed by atoms with van der Waals surface area (Å²) in [6.45, 7) is 0. The normalized spacial score (nSPS) is 15.6. The van der Waals surface area contributed by atoms with Gasteiger partial charge in [0.25, 0.3) is 0 Å². The first-order chi connectivity index (χ1) is 13.7. The lowest BCUT2D eigenvalue weighted by Gasteiger charge is -2.27. The third kappa shape index (κ3) is 3.91. The van der Waals surface area contributed by atoms with E-state index in [1.54, 1.807) is 12.3 Å². The molecule has 0 amide bonds. The topological polar surface area (TPSA) is 59.4 Å². The minimum Gasteiger partial charge on any atom is -0.478 e. The van der Waals surface area contributed by atoms with Gasteiger partial charge in [-0.25, -0.2) is 4.79 Å². The first-order valence-electron chi connectivity index (χ1n) is 9.73. The van der Waals surface area contributed by atoms with Crippen molar-refractivity contribution in [3.8, 4) is 11.5 Å². The number of aromatic nitrogens is 1. The minimum atomic E-state index is -0.889. The number of aromatic carboxylic acids is 1. The zero-order valence-corrected chi connectivity index (χ0v) is 15.7. The number of aryl methyl sites for hydroxylation is 1. The number of carboxylic acids is 1. The van der Waals surface area contributed by atoms with Gasteiger partial charge in [-0.1, -0.05) is 30.3 Å². The van der Waals surface area contributed by atoms with Gasteiger partial charge in [-0.2, -0.15) is 0 Å². The highest BCUT2D eigenvalue weighted by molar-refractivity contribution is 5.89. The number of ether oxygens (including phenoxy) is 1. The molecule has 28 heavy (non-hydrogen) atoms. The van der Waals surface area contributed by atoms with E-state index in [9.17, 15) is 9.90 Å². The number of nitrogens with zero attached hydrogens (tertiary/aromatic N) is 1. The Labute approximate surface area is 164 Å². The maximum absolute atomic E-state index is 11.4. The third-order valence-electron chi connectivity index (χ3n) is 5.46. The second-order valence-corrected chi connectivity index (χ2v) is 7.20. The number of carboxylic acid groups (broad SMARTS) is 1. The van der Waals surface area contributed by atoms with E-state index in [0.717, 1.165) is 42.7 Å². The van der Waals surface area contributed by atoms with Crippen LogP contribution in [0.3, 0.4) is 0 Å². The lowest BCUT2D eigenvalue weighted by atomic mass is 9.79. The zero-order chi connectivity index (χ0) is 19.3. The molecule has 0 fully saturated rings. The molecule has 0 spiro atoms. The summed E-state index contributed by atoms with van der Waals surface area (Å²) in [6.07, 6.45) is 8.09. The van der Waals surface area contributed by atoms with Crippen molar-refractivity contribution in [2.75, 3.05) is 0 Å². The molecular weight excluding hydrogens is 350 g/mol. The molecule has 3 aromatic rings. The molecule has 1 aliphatic rings. The number of para-hydroxylation sites is 1. The molecule has 4 nitrogen and oxygen atoms in total. The van der Waals surface area contributed by atoms with E-state index in [0.29, 0.717) is 17.9 Å². The van der Waals surface area contributed by atoms with Crippen molar-refractivity contribution in [2.24, 2.45) is 0 Å². The number of fused-ring (bicyclic) bond motifs is 1. The van der Waals surface area contributed by atoms with Crippen LogP contribution in [0.25, 0.3) is 0 Å². The molecule has 0 aliphatic heterocycles. The molecule has 0 saturated carbocycles.